The Kier molecular flexibility index (Phi) is 6.88. The van der Waals surface area contributed by atoms with Gasteiger partial charge in [0.2, 0.25) is 11.8 Å². The van der Waals surface area contributed by atoms with Crippen molar-refractivity contribution in [2.75, 3.05) is 42.8 Å². The van der Waals surface area contributed by atoms with E-state index in [0.717, 1.165) is 60.5 Å². The van der Waals surface area contributed by atoms with Crippen LogP contribution in [-0.4, -0.2) is 70.9 Å². The number of amides is 1. The molecule has 0 spiro atoms. The van der Waals surface area contributed by atoms with Crippen molar-refractivity contribution >= 4 is 28.9 Å². The number of nitrogens with one attached hydrogen (secondary N) is 2. The van der Waals surface area contributed by atoms with Crippen LogP contribution < -0.4 is 20.3 Å². The minimum atomic E-state index is -0.297. The summed E-state index contributed by atoms with van der Waals surface area (Å²) in [5, 5.41) is 11.6. The normalized spacial score (nSPS) is 25.1. The molecule has 1 amide bonds. The van der Waals surface area contributed by atoms with Gasteiger partial charge in [0.15, 0.2) is 0 Å². The molecule has 2 bridgehead atoms. The highest BCUT2D eigenvalue weighted by Crippen LogP contribution is 2.43. The third-order valence-electron chi connectivity index (χ3n) is 9.24. The van der Waals surface area contributed by atoms with Gasteiger partial charge in [-0.1, -0.05) is 0 Å². The SMILES string of the molecule is Cc1cc2cc(n1)-c1cnn(C)c1OCCC[C@@H](C1CC1)CN1/C(=N/C2=O)Nc2cc(N[C@H]3C[C@H](N(C)C)C3)ccc21. The van der Waals surface area contributed by atoms with Gasteiger partial charge in [0, 0.05) is 42.6 Å². The van der Waals surface area contributed by atoms with Gasteiger partial charge in [-0.25, -0.2) is 4.68 Å². The summed E-state index contributed by atoms with van der Waals surface area (Å²) >= 11 is 0. The maximum Gasteiger partial charge on any atom is 0.280 e. The fraction of sp³-hybridized carbons (Fsp3) is 0.500. The highest BCUT2D eigenvalue weighted by molar-refractivity contribution is 6.19. The van der Waals surface area contributed by atoms with E-state index in [9.17, 15) is 4.79 Å². The van der Waals surface area contributed by atoms with Crippen molar-refractivity contribution in [1.82, 2.24) is 19.7 Å². The van der Waals surface area contributed by atoms with E-state index in [1.165, 1.54) is 12.8 Å². The maximum atomic E-state index is 13.7. The van der Waals surface area contributed by atoms with Crippen molar-refractivity contribution < 1.29 is 9.53 Å². The summed E-state index contributed by atoms with van der Waals surface area (Å²) in [6.45, 7) is 3.31. The first-order valence-electron chi connectivity index (χ1n) is 15.2. The molecule has 1 atom stereocenters. The van der Waals surface area contributed by atoms with Gasteiger partial charge in [0.05, 0.1) is 35.4 Å². The van der Waals surface area contributed by atoms with Crippen LogP contribution in [0.2, 0.25) is 0 Å². The summed E-state index contributed by atoms with van der Waals surface area (Å²) in [4.78, 5) is 27.6. The Bertz CT molecular complexity index is 1540. The Morgan fingerprint density at radius 1 is 1.10 bits per heavy atom. The molecule has 0 saturated heterocycles. The number of rotatable bonds is 4. The number of ether oxygens (including phenoxy) is 1. The minimum absolute atomic E-state index is 0.297. The summed E-state index contributed by atoms with van der Waals surface area (Å²) in [7, 11) is 6.17. The summed E-state index contributed by atoms with van der Waals surface area (Å²) in [6, 6.07) is 11.2. The molecule has 4 heterocycles. The average molecular weight is 569 g/mol. The molecule has 4 aliphatic rings. The Morgan fingerprint density at radius 3 is 2.71 bits per heavy atom. The fourth-order valence-electron chi connectivity index (χ4n) is 6.56. The van der Waals surface area contributed by atoms with Crippen molar-refractivity contribution in [3.63, 3.8) is 0 Å². The van der Waals surface area contributed by atoms with Crippen molar-refractivity contribution in [3.05, 3.63) is 47.8 Å². The number of guanidine groups is 1. The third-order valence-corrected chi connectivity index (χ3v) is 9.24. The van der Waals surface area contributed by atoms with E-state index in [4.69, 9.17) is 9.72 Å². The van der Waals surface area contributed by atoms with Crippen LogP contribution in [0.5, 0.6) is 5.88 Å². The number of nitrogens with zero attached hydrogens (tertiary/aromatic N) is 6. The molecule has 2 aromatic heterocycles. The molecule has 0 unspecified atom stereocenters. The zero-order chi connectivity index (χ0) is 29.0. The van der Waals surface area contributed by atoms with Crippen molar-refractivity contribution in [2.24, 2.45) is 23.9 Å². The monoisotopic (exact) mass is 568 g/mol. The van der Waals surface area contributed by atoms with E-state index in [-0.39, 0.29) is 5.91 Å². The molecule has 10 nitrogen and oxygen atoms in total. The molecule has 1 aromatic carbocycles. The molecule has 2 aliphatic carbocycles. The summed E-state index contributed by atoms with van der Waals surface area (Å²) in [6.07, 6.45) is 8.55. The maximum absolute atomic E-state index is 13.7. The van der Waals surface area contributed by atoms with Crippen LogP contribution >= 0.6 is 0 Å². The lowest BCUT2D eigenvalue weighted by Gasteiger charge is -2.40. The molecule has 2 saturated carbocycles. The number of aliphatic imine (C=N–C) groups is 1. The van der Waals surface area contributed by atoms with Crippen molar-refractivity contribution in [3.8, 4) is 17.1 Å². The lowest BCUT2D eigenvalue weighted by Crippen LogP contribution is -2.46. The lowest BCUT2D eigenvalue weighted by molar-refractivity contribution is 0.100. The number of hydrogen-bond donors (Lipinski definition) is 2. The highest BCUT2D eigenvalue weighted by Gasteiger charge is 2.36. The van der Waals surface area contributed by atoms with Crippen molar-refractivity contribution in [2.45, 2.75) is 57.5 Å². The number of carbonyl (C=O) groups excluding carboxylic acids is 1. The van der Waals surface area contributed by atoms with Gasteiger partial charge in [0.1, 0.15) is 0 Å². The average Bonchev–Trinajstić information content (AvgIpc) is 3.64. The first-order chi connectivity index (χ1) is 20.3. The van der Waals surface area contributed by atoms with Crippen LogP contribution in [0.25, 0.3) is 11.3 Å². The highest BCUT2D eigenvalue weighted by atomic mass is 16.5. The Balaban J connectivity index is 1.22. The van der Waals surface area contributed by atoms with Crippen LogP contribution in [0.3, 0.4) is 0 Å². The second-order valence-corrected chi connectivity index (χ2v) is 12.6. The van der Waals surface area contributed by atoms with E-state index < -0.39 is 0 Å². The summed E-state index contributed by atoms with van der Waals surface area (Å²) < 4.78 is 8.02. The molecule has 2 fully saturated rings. The van der Waals surface area contributed by atoms with E-state index >= 15 is 0 Å². The molecule has 0 radical (unpaired) electrons. The van der Waals surface area contributed by atoms with E-state index in [1.54, 1.807) is 23.0 Å². The number of hydrogen-bond acceptors (Lipinski definition) is 8. The molecular weight excluding hydrogens is 528 g/mol. The Hall–Kier alpha value is -3.92. The smallest absolute Gasteiger partial charge is 0.280 e. The number of fused-ring (bicyclic) bond motifs is 7. The molecular formula is C32H40N8O2. The number of pyridine rings is 1. The first kappa shape index (κ1) is 26.9. The minimum Gasteiger partial charge on any atom is -0.477 e. The lowest BCUT2D eigenvalue weighted by atomic mass is 9.86. The van der Waals surface area contributed by atoms with Gasteiger partial charge < -0.3 is 25.2 Å². The van der Waals surface area contributed by atoms with E-state index in [1.807, 2.05) is 14.0 Å². The van der Waals surface area contributed by atoms with Gasteiger partial charge in [-0.3, -0.25) is 9.78 Å². The fourth-order valence-corrected chi connectivity index (χ4v) is 6.56. The molecule has 2 N–H and O–H groups in total. The van der Waals surface area contributed by atoms with Gasteiger partial charge in [-0.05, 0) is 102 Å². The molecule has 42 heavy (non-hydrogen) atoms. The summed E-state index contributed by atoms with van der Waals surface area (Å²) in [5.74, 6) is 2.15. The molecule has 220 valence electrons. The number of anilines is 3. The largest absolute Gasteiger partial charge is 0.477 e. The van der Waals surface area contributed by atoms with Gasteiger partial charge in [0.25, 0.3) is 5.91 Å². The third kappa shape index (κ3) is 5.24. The zero-order valence-corrected chi connectivity index (χ0v) is 24.9. The Morgan fingerprint density at radius 2 is 1.93 bits per heavy atom. The van der Waals surface area contributed by atoms with Crippen LogP contribution in [0, 0.1) is 18.8 Å². The summed E-state index contributed by atoms with van der Waals surface area (Å²) in [5.41, 5.74) is 5.84. The van der Waals surface area contributed by atoms with Crippen LogP contribution in [0.15, 0.2) is 41.5 Å². The predicted octanol–water partition coefficient (Wildman–Crippen LogP) is 4.92. The van der Waals surface area contributed by atoms with Crippen molar-refractivity contribution in [1.29, 1.82) is 0 Å². The van der Waals surface area contributed by atoms with Crippen LogP contribution in [-0.2, 0) is 7.05 Å². The Labute approximate surface area is 247 Å². The molecule has 2 aliphatic heterocycles. The number of aryl methyl sites for hydroxylation is 2. The first-order valence-corrected chi connectivity index (χ1v) is 15.2. The second kappa shape index (κ2) is 10.7. The van der Waals surface area contributed by atoms with Crippen LogP contribution in [0.1, 0.15) is 54.6 Å². The molecule has 7 rings (SSSR count). The van der Waals surface area contributed by atoms with Gasteiger partial charge >= 0.3 is 0 Å². The van der Waals surface area contributed by atoms with E-state index in [2.05, 4.69) is 62.8 Å². The topological polar surface area (TPSA) is 99.9 Å². The molecule has 3 aromatic rings. The standard InChI is InChI=1S/C32H40N8O2/c1-19-12-22-13-27(34-19)26-17-33-39(4)31(26)42-11-5-6-21(20-7-8-20)18-40-29-10-9-23(35-24-14-25(15-24)38(2)3)16-28(29)36-32(40)37-30(22)41/h9-10,12-13,16-17,20-21,24-25,35H,5-8,11,14-15,18H2,1-4H3,(H,36,37,41)/t21-,24-,25-/m1/s1. The number of aromatic nitrogens is 3. The van der Waals surface area contributed by atoms with E-state index in [0.29, 0.717) is 53.6 Å². The van der Waals surface area contributed by atoms with Gasteiger partial charge in [-0.15, -0.1) is 0 Å². The zero-order valence-electron chi connectivity index (χ0n) is 24.9. The second-order valence-electron chi connectivity index (χ2n) is 12.6. The number of carbonyl (C=O) groups is 1. The number of benzene rings is 1. The predicted molar refractivity (Wildman–Crippen MR) is 165 cm³/mol. The molecule has 10 heteroatoms. The van der Waals surface area contributed by atoms with Gasteiger partial charge in [-0.2, -0.15) is 10.1 Å². The quantitative estimate of drug-likeness (QED) is 0.458. The van der Waals surface area contributed by atoms with Crippen LogP contribution in [0.4, 0.5) is 17.1 Å².